The predicted octanol–water partition coefficient (Wildman–Crippen LogP) is 4.48. The van der Waals surface area contributed by atoms with E-state index in [-0.39, 0.29) is 11.8 Å². The standard InChI is InChI=1S/C22H27N5/c1-15(2)18-5-7-24-19(13-18)11-16(3)20-6-8-26-22(27-20)12-17(4)21-14-23-9-10-25-21/h5-10,13-17H,11-12H2,1-4H3. The minimum absolute atomic E-state index is 0.230. The predicted molar refractivity (Wildman–Crippen MR) is 107 cm³/mol. The maximum Gasteiger partial charge on any atom is 0.129 e. The SMILES string of the molecule is CC(C)c1ccnc(CC(C)c2ccnc(CC(C)c3cnccn3)n2)c1. The highest BCUT2D eigenvalue weighted by molar-refractivity contribution is 5.21. The minimum Gasteiger partial charge on any atom is -0.261 e. The van der Waals surface area contributed by atoms with Crippen molar-refractivity contribution in [2.75, 3.05) is 0 Å². The first-order chi connectivity index (χ1) is 13.0. The van der Waals surface area contributed by atoms with Crippen LogP contribution in [-0.4, -0.2) is 24.9 Å². The molecule has 5 nitrogen and oxygen atoms in total. The Morgan fingerprint density at radius 3 is 2.30 bits per heavy atom. The second kappa shape index (κ2) is 8.80. The van der Waals surface area contributed by atoms with Crippen LogP contribution in [0.25, 0.3) is 0 Å². The van der Waals surface area contributed by atoms with E-state index in [1.54, 1.807) is 12.4 Å². The third-order valence-electron chi connectivity index (χ3n) is 4.83. The zero-order valence-corrected chi connectivity index (χ0v) is 16.5. The van der Waals surface area contributed by atoms with Gasteiger partial charge in [-0.3, -0.25) is 15.0 Å². The van der Waals surface area contributed by atoms with Crippen molar-refractivity contribution in [3.05, 3.63) is 77.7 Å². The molecule has 0 aromatic carbocycles. The van der Waals surface area contributed by atoms with Gasteiger partial charge in [0, 0.05) is 60.6 Å². The quantitative estimate of drug-likeness (QED) is 0.621. The van der Waals surface area contributed by atoms with E-state index in [0.717, 1.165) is 35.7 Å². The first-order valence-electron chi connectivity index (χ1n) is 9.55. The fraction of sp³-hybridized carbons (Fsp3) is 0.409. The normalized spacial score (nSPS) is 13.5. The van der Waals surface area contributed by atoms with Crippen LogP contribution in [0.15, 0.2) is 49.2 Å². The molecule has 27 heavy (non-hydrogen) atoms. The number of nitrogens with zero attached hydrogens (tertiary/aromatic N) is 5. The van der Waals surface area contributed by atoms with Crippen LogP contribution in [0.1, 0.15) is 73.9 Å². The van der Waals surface area contributed by atoms with Crippen LogP contribution in [0, 0.1) is 0 Å². The highest BCUT2D eigenvalue weighted by atomic mass is 14.9. The second-order valence-electron chi connectivity index (χ2n) is 7.47. The molecular formula is C22H27N5. The maximum absolute atomic E-state index is 4.80. The number of hydrogen-bond acceptors (Lipinski definition) is 5. The molecule has 0 saturated carbocycles. The van der Waals surface area contributed by atoms with Crippen molar-refractivity contribution in [2.45, 2.75) is 58.3 Å². The third-order valence-corrected chi connectivity index (χ3v) is 4.83. The Morgan fingerprint density at radius 2 is 1.56 bits per heavy atom. The Hall–Kier alpha value is -2.69. The van der Waals surface area contributed by atoms with Gasteiger partial charge in [0.1, 0.15) is 5.82 Å². The Balaban J connectivity index is 1.70. The molecule has 0 amide bonds. The maximum atomic E-state index is 4.80. The topological polar surface area (TPSA) is 64.5 Å². The van der Waals surface area contributed by atoms with Crippen LogP contribution >= 0.6 is 0 Å². The van der Waals surface area contributed by atoms with Gasteiger partial charge in [-0.25, -0.2) is 9.97 Å². The fourth-order valence-corrected chi connectivity index (χ4v) is 3.12. The lowest BCUT2D eigenvalue weighted by molar-refractivity contribution is 0.661. The molecule has 0 N–H and O–H groups in total. The van der Waals surface area contributed by atoms with E-state index < -0.39 is 0 Å². The fourth-order valence-electron chi connectivity index (χ4n) is 3.12. The molecule has 0 aliphatic carbocycles. The van der Waals surface area contributed by atoms with Crippen LogP contribution in [0.3, 0.4) is 0 Å². The number of aromatic nitrogens is 5. The van der Waals surface area contributed by atoms with E-state index in [1.165, 1.54) is 5.56 Å². The first-order valence-corrected chi connectivity index (χ1v) is 9.55. The molecule has 2 atom stereocenters. The van der Waals surface area contributed by atoms with E-state index in [9.17, 15) is 0 Å². The highest BCUT2D eigenvalue weighted by Gasteiger charge is 2.14. The van der Waals surface area contributed by atoms with Crippen molar-refractivity contribution >= 4 is 0 Å². The van der Waals surface area contributed by atoms with Crippen molar-refractivity contribution < 1.29 is 0 Å². The Morgan fingerprint density at radius 1 is 0.778 bits per heavy atom. The van der Waals surface area contributed by atoms with Crippen molar-refractivity contribution in [3.63, 3.8) is 0 Å². The van der Waals surface area contributed by atoms with Gasteiger partial charge in [-0.1, -0.05) is 27.7 Å². The second-order valence-corrected chi connectivity index (χ2v) is 7.47. The molecule has 0 saturated heterocycles. The van der Waals surface area contributed by atoms with Gasteiger partial charge in [-0.2, -0.15) is 0 Å². The molecule has 0 bridgehead atoms. The molecule has 0 fully saturated rings. The Labute approximate surface area is 161 Å². The van der Waals surface area contributed by atoms with Crippen LogP contribution < -0.4 is 0 Å². The van der Waals surface area contributed by atoms with Gasteiger partial charge < -0.3 is 0 Å². The molecule has 0 spiro atoms. The summed E-state index contributed by atoms with van der Waals surface area (Å²) in [5.74, 6) is 1.87. The zero-order valence-electron chi connectivity index (χ0n) is 16.5. The van der Waals surface area contributed by atoms with Gasteiger partial charge in [-0.15, -0.1) is 0 Å². The summed E-state index contributed by atoms with van der Waals surface area (Å²) in [6, 6.07) is 6.31. The lowest BCUT2D eigenvalue weighted by Gasteiger charge is -2.14. The molecule has 140 valence electrons. The summed E-state index contributed by atoms with van der Waals surface area (Å²) in [5, 5.41) is 0. The number of rotatable bonds is 7. The summed E-state index contributed by atoms with van der Waals surface area (Å²) < 4.78 is 0. The highest BCUT2D eigenvalue weighted by Crippen LogP contribution is 2.22. The summed E-state index contributed by atoms with van der Waals surface area (Å²) in [7, 11) is 0. The molecule has 5 heteroatoms. The van der Waals surface area contributed by atoms with E-state index in [2.05, 4.69) is 59.8 Å². The molecule has 3 aromatic rings. The third kappa shape index (κ3) is 5.16. The van der Waals surface area contributed by atoms with Gasteiger partial charge in [0.05, 0.1) is 5.69 Å². The van der Waals surface area contributed by atoms with Crippen LogP contribution in [0.2, 0.25) is 0 Å². The molecule has 2 unspecified atom stereocenters. The molecule has 3 aromatic heterocycles. The smallest absolute Gasteiger partial charge is 0.129 e. The van der Waals surface area contributed by atoms with Gasteiger partial charge in [0.2, 0.25) is 0 Å². The van der Waals surface area contributed by atoms with Gasteiger partial charge in [0.15, 0.2) is 0 Å². The van der Waals surface area contributed by atoms with E-state index in [0.29, 0.717) is 5.92 Å². The van der Waals surface area contributed by atoms with Crippen molar-refractivity contribution in [2.24, 2.45) is 0 Å². The van der Waals surface area contributed by atoms with Gasteiger partial charge >= 0.3 is 0 Å². The lowest BCUT2D eigenvalue weighted by atomic mass is 9.97. The molecule has 0 radical (unpaired) electrons. The Bertz CT molecular complexity index is 863. The number of pyridine rings is 1. The van der Waals surface area contributed by atoms with Crippen LogP contribution in [0.5, 0.6) is 0 Å². The number of hydrogen-bond donors (Lipinski definition) is 0. The lowest BCUT2D eigenvalue weighted by Crippen LogP contribution is -2.09. The molecule has 3 rings (SSSR count). The molecular weight excluding hydrogens is 334 g/mol. The van der Waals surface area contributed by atoms with Crippen LogP contribution in [-0.2, 0) is 12.8 Å². The average molecular weight is 361 g/mol. The van der Waals surface area contributed by atoms with Crippen molar-refractivity contribution in [1.82, 2.24) is 24.9 Å². The van der Waals surface area contributed by atoms with E-state index in [4.69, 9.17) is 4.98 Å². The first kappa shape index (κ1) is 19.1. The van der Waals surface area contributed by atoms with E-state index >= 15 is 0 Å². The molecule has 0 aliphatic heterocycles. The molecule has 3 heterocycles. The summed E-state index contributed by atoms with van der Waals surface area (Å²) in [5.41, 5.74) is 4.47. The van der Waals surface area contributed by atoms with Gasteiger partial charge in [-0.05, 0) is 36.1 Å². The minimum atomic E-state index is 0.230. The monoisotopic (exact) mass is 361 g/mol. The van der Waals surface area contributed by atoms with Gasteiger partial charge in [0.25, 0.3) is 0 Å². The van der Waals surface area contributed by atoms with Crippen molar-refractivity contribution in [3.8, 4) is 0 Å². The summed E-state index contributed by atoms with van der Waals surface area (Å²) in [4.78, 5) is 22.3. The van der Waals surface area contributed by atoms with E-state index in [1.807, 2.05) is 24.7 Å². The Kier molecular flexibility index (Phi) is 6.22. The van der Waals surface area contributed by atoms with Crippen LogP contribution in [0.4, 0.5) is 0 Å². The average Bonchev–Trinajstić information content (AvgIpc) is 2.69. The largest absolute Gasteiger partial charge is 0.261 e. The van der Waals surface area contributed by atoms with Crippen molar-refractivity contribution in [1.29, 1.82) is 0 Å². The molecule has 0 aliphatic rings. The summed E-state index contributed by atoms with van der Waals surface area (Å²) in [6.07, 6.45) is 10.6. The summed E-state index contributed by atoms with van der Waals surface area (Å²) >= 11 is 0. The summed E-state index contributed by atoms with van der Waals surface area (Å²) in [6.45, 7) is 8.74. The zero-order chi connectivity index (χ0) is 19.2.